The summed E-state index contributed by atoms with van der Waals surface area (Å²) in [5.74, 6) is 0.245. The number of unbranched alkanes of at least 4 members (excludes halogenated alkanes) is 3. The normalized spacial score (nSPS) is 23.1. The van der Waals surface area contributed by atoms with Crippen molar-refractivity contribution in [3.05, 3.63) is 104 Å². The second-order valence-electron chi connectivity index (χ2n) is 24.3. The van der Waals surface area contributed by atoms with Gasteiger partial charge in [0, 0.05) is 85.8 Å². The topological polar surface area (TPSA) is 350 Å². The van der Waals surface area contributed by atoms with Gasteiger partial charge in [-0.05, 0) is 128 Å². The third kappa shape index (κ3) is 12.9. The van der Waals surface area contributed by atoms with Crippen LogP contribution in [0, 0.1) is 0 Å². The summed E-state index contributed by atoms with van der Waals surface area (Å²) < 4.78 is 56.6. The highest BCUT2D eigenvalue weighted by Crippen LogP contribution is 2.65. The molecule has 466 valence electrons. The highest BCUT2D eigenvalue weighted by atomic mass is 31.3. The van der Waals surface area contributed by atoms with E-state index in [1.807, 2.05) is 25.2 Å². The third-order valence-electron chi connectivity index (χ3n) is 17.5. The third-order valence-corrected chi connectivity index (χ3v) is 21.3. The Labute approximate surface area is 499 Å². The summed E-state index contributed by atoms with van der Waals surface area (Å²) in [5.41, 5.74) is 18.1. The molecule has 0 saturated carbocycles. The highest BCUT2D eigenvalue weighted by Gasteiger charge is 2.48. The number of aliphatic hydroxyl groups is 2. The van der Waals surface area contributed by atoms with Crippen LogP contribution in [0.2, 0.25) is 0 Å². The van der Waals surface area contributed by atoms with Crippen LogP contribution in [0.1, 0.15) is 161 Å². The Hall–Kier alpha value is -5.49. The average Bonchev–Trinajstić information content (AvgIpc) is 0.871. The number of aliphatic hydroxyl groups excluding tert-OH is 2. The number of hydrogen-bond acceptors (Lipinski definition) is 18. The zero-order chi connectivity index (χ0) is 61.8. The van der Waals surface area contributed by atoms with Crippen LogP contribution in [0.5, 0.6) is 0 Å². The van der Waals surface area contributed by atoms with E-state index in [0.717, 1.165) is 82.0 Å². The maximum Gasteiger partial charge on any atom is 0.487 e. The number of benzene rings is 3. The molecule has 28 heteroatoms. The zero-order valence-electron chi connectivity index (χ0n) is 49.6. The Balaban J connectivity index is 0.749. The number of fused-ring (bicyclic) bond motifs is 5. The molecule has 4 aliphatic heterocycles. The average molecular weight is 1250 g/mol. The fourth-order valence-corrected chi connectivity index (χ4v) is 16.8. The van der Waals surface area contributed by atoms with Crippen molar-refractivity contribution in [3.8, 4) is 0 Å². The van der Waals surface area contributed by atoms with E-state index < -0.39 is 54.6 Å². The van der Waals surface area contributed by atoms with Gasteiger partial charge in [-0.2, -0.15) is 4.31 Å². The van der Waals surface area contributed by atoms with E-state index in [-0.39, 0.29) is 52.1 Å². The maximum atomic E-state index is 14.9. The van der Waals surface area contributed by atoms with Crippen LogP contribution >= 0.6 is 23.5 Å². The Bertz CT molecular complexity index is 3740. The summed E-state index contributed by atoms with van der Waals surface area (Å²) in [4.78, 5) is 84.0. The summed E-state index contributed by atoms with van der Waals surface area (Å²) in [6.07, 6.45) is 3.48. The van der Waals surface area contributed by atoms with Crippen molar-refractivity contribution in [2.45, 2.75) is 154 Å². The lowest BCUT2D eigenvalue weighted by Crippen LogP contribution is -2.50. The van der Waals surface area contributed by atoms with Gasteiger partial charge in [0.1, 0.15) is 37.7 Å². The number of aromatic nitrogens is 4. The summed E-state index contributed by atoms with van der Waals surface area (Å²) >= 11 is 0. The molecule has 2 aromatic heterocycles. The summed E-state index contributed by atoms with van der Waals surface area (Å²) in [6, 6.07) is 15.5. The van der Waals surface area contributed by atoms with Crippen LogP contribution < -0.4 is 41.3 Å². The van der Waals surface area contributed by atoms with Crippen molar-refractivity contribution in [2.75, 3.05) is 68.9 Å². The second-order valence-corrected chi connectivity index (χ2v) is 28.7. The lowest BCUT2D eigenvalue weighted by molar-refractivity contribution is -0.212. The van der Waals surface area contributed by atoms with Gasteiger partial charge in [-0.25, -0.2) is 33.0 Å². The van der Waals surface area contributed by atoms with Crippen molar-refractivity contribution >= 4 is 69.5 Å². The fourth-order valence-electron chi connectivity index (χ4n) is 13.8. The Kier molecular flexibility index (Phi) is 18.3. The molecule has 0 spiro atoms. The van der Waals surface area contributed by atoms with Crippen LogP contribution in [0.3, 0.4) is 0 Å². The molecule has 1 saturated heterocycles. The summed E-state index contributed by atoms with van der Waals surface area (Å²) in [7, 11) is -15.6. The molecule has 1 fully saturated rings. The number of ether oxygens (including phenoxy) is 1. The Morgan fingerprint density at radius 2 is 1.65 bits per heavy atom. The van der Waals surface area contributed by atoms with Crippen molar-refractivity contribution in [1.29, 1.82) is 0 Å². The first kappa shape index (κ1) is 63.5. The van der Waals surface area contributed by atoms with Crippen molar-refractivity contribution in [1.82, 2.24) is 34.3 Å². The SMILES string of the molecule is CCN1c2cc3c(cc2C(C)CC1(C)C)C(c1ccccc1C(=O)N(C)CCCC(=O)NCCCCCCNc1nc2c(N)ncnc2n1[C@@H]1O[C@H](COP(=O)(O)OP(=O)(O)OP(=O)([O-])O)[C@@H](O)[C@H]1O)=c1cc2c4c(c1C3(C)C)CCC[N+]=4CCC2. The Morgan fingerprint density at radius 1 is 0.930 bits per heavy atom. The van der Waals surface area contributed by atoms with Crippen molar-refractivity contribution in [3.63, 3.8) is 0 Å². The largest absolute Gasteiger partial charge is 0.756 e. The van der Waals surface area contributed by atoms with Gasteiger partial charge >= 0.3 is 15.6 Å². The number of amides is 2. The molecule has 6 heterocycles. The number of nitrogen functional groups attached to an aromatic ring is 1. The van der Waals surface area contributed by atoms with Crippen LogP contribution in [-0.2, 0) is 54.6 Å². The van der Waals surface area contributed by atoms with E-state index in [2.05, 4.69) is 114 Å². The van der Waals surface area contributed by atoms with Gasteiger partial charge in [-0.3, -0.25) is 23.2 Å². The number of nitrogens with two attached hydrogens (primary N) is 1. The van der Waals surface area contributed by atoms with Crippen LogP contribution in [0.15, 0.2) is 48.8 Å². The molecule has 25 nitrogen and oxygen atoms in total. The molecule has 86 heavy (non-hydrogen) atoms. The number of carbonyl (C=O) groups excluding carboxylic acids is 2. The molecule has 0 radical (unpaired) electrons. The van der Waals surface area contributed by atoms with E-state index in [9.17, 15) is 48.2 Å². The van der Waals surface area contributed by atoms with Crippen LogP contribution in [0.4, 0.5) is 17.5 Å². The number of aryl methyl sites for hydroxylation is 1. The van der Waals surface area contributed by atoms with Gasteiger partial charge in [-0.1, -0.05) is 51.8 Å². The van der Waals surface area contributed by atoms with E-state index in [1.165, 1.54) is 54.2 Å². The predicted molar refractivity (Wildman–Crippen MR) is 319 cm³/mol. The number of imidazole rings is 1. The molecule has 10 rings (SSSR count). The van der Waals surface area contributed by atoms with E-state index in [4.69, 9.17) is 15.4 Å². The lowest BCUT2D eigenvalue weighted by Gasteiger charge is -2.48. The lowest BCUT2D eigenvalue weighted by atomic mass is 9.64. The van der Waals surface area contributed by atoms with E-state index in [1.54, 1.807) is 4.90 Å². The molecule has 2 amide bonds. The molecule has 5 aliphatic rings. The first-order valence-corrected chi connectivity index (χ1v) is 34.0. The number of carbonyl (C=O) groups is 2. The minimum atomic E-state index is -5.89. The zero-order valence-corrected chi connectivity index (χ0v) is 52.3. The summed E-state index contributed by atoms with van der Waals surface area (Å²) in [5, 5.41) is 30.8. The molecular weight excluding hydrogens is 1170 g/mol. The molecular formula is C58H79N10O15P3. The van der Waals surface area contributed by atoms with Gasteiger partial charge in [0.2, 0.25) is 17.2 Å². The molecule has 1 aliphatic carbocycles. The van der Waals surface area contributed by atoms with Crippen molar-refractivity contribution in [2.24, 2.45) is 0 Å². The molecule has 4 unspecified atom stereocenters. The first-order chi connectivity index (χ1) is 40.6. The number of phosphoric acid groups is 3. The maximum absolute atomic E-state index is 14.9. The highest BCUT2D eigenvalue weighted by molar-refractivity contribution is 7.66. The number of nitrogens with one attached hydrogen (secondary N) is 2. The number of nitrogens with zero attached hydrogens (tertiary/aromatic N) is 7. The minimum absolute atomic E-state index is 0.00278. The molecule has 5 aromatic rings. The van der Waals surface area contributed by atoms with Crippen LogP contribution in [0.25, 0.3) is 16.7 Å². The fraction of sp³-hybridized carbons (Fsp3) is 0.552. The summed E-state index contributed by atoms with van der Waals surface area (Å²) in [6.45, 7) is 17.4. The minimum Gasteiger partial charge on any atom is -0.756 e. The van der Waals surface area contributed by atoms with Gasteiger partial charge in [0.15, 0.2) is 23.2 Å². The quantitative estimate of drug-likeness (QED) is 0.0248. The molecule has 8 atom stereocenters. The van der Waals surface area contributed by atoms with Gasteiger partial charge in [0.25, 0.3) is 13.7 Å². The standard InChI is InChI=1S/C58H79N10O15P3/c1-8-67-43-30-42-40(29-39(43)34(2)31-57(67,3)4)46(41-28-35-18-15-26-66-27-16-21-38(49(35)66)47(41)58(42,5)6)36-19-11-12-20-37(36)54(72)65(7)25-17-22-45(69)60-23-13-9-10-14-24-61-56-64-48-52(59)62-33-63-53(48)68(56)55-51(71)50(70)44(81-55)32-80-85(76,77)83-86(78,79)82-84(73,74)75/h11-12,19-20,28-30,33-34,44,50-51,55,59,70-71H,8-10,13-18,21-27,31-32H2,1-7H3,(H6,60,69,72,73,74,75,76,77,78,79)/t34?,44-,50-,51-,55-/m1/s1. The number of phosphoric ester groups is 1. The molecule has 3 aromatic carbocycles. The second kappa shape index (κ2) is 24.8. The first-order valence-electron chi connectivity index (χ1n) is 29.5. The predicted octanol–water partition coefficient (Wildman–Crippen LogP) is 4.76. The van der Waals surface area contributed by atoms with Gasteiger partial charge in [0.05, 0.1) is 6.61 Å². The smallest absolute Gasteiger partial charge is 0.487 e. The van der Waals surface area contributed by atoms with Crippen molar-refractivity contribution < 1.29 is 71.0 Å². The number of rotatable bonds is 23. The molecule has 0 bridgehead atoms. The number of anilines is 3. The van der Waals surface area contributed by atoms with Gasteiger partial charge < -0.3 is 60.7 Å². The van der Waals surface area contributed by atoms with Crippen LogP contribution in [-0.4, -0.2) is 138 Å². The monoisotopic (exact) mass is 1250 g/mol. The van der Waals surface area contributed by atoms with E-state index >= 15 is 0 Å². The Morgan fingerprint density at radius 3 is 2.38 bits per heavy atom. The molecule has 9 N–H and O–H groups in total. The van der Waals surface area contributed by atoms with E-state index in [0.29, 0.717) is 50.4 Å². The van der Waals surface area contributed by atoms with Gasteiger partial charge in [-0.15, -0.1) is 0 Å². The number of hydrogen-bond donors (Lipinski definition) is 8.